The number of aliphatic hydroxyl groups is 1. The molecule has 2 aromatic rings. The Bertz CT molecular complexity index is 1090. The Morgan fingerprint density at radius 3 is 2.23 bits per heavy atom. The number of hydrogen-bond acceptors (Lipinski definition) is 4. The van der Waals surface area contributed by atoms with E-state index in [1.54, 1.807) is 0 Å². The van der Waals surface area contributed by atoms with Gasteiger partial charge in [-0.05, 0) is 53.5 Å². The molecular formula is C27H38F2N2O3S. The maximum Gasteiger partial charge on any atom is 0.209 e. The number of aliphatic hydroxyl groups excluding tert-OH is 1. The third-order valence-electron chi connectivity index (χ3n) is 6.85. The van der Waals surface area contributed by atoms with Crippen molar-refractivity contribution in [2.75, 3.05) is 12.8 Å². The van der Waals surface area contributed by atoms with E-state index < -0.39 is 33.8 Å². The quantitative estimate of drug-likeness (QED) is 0.465. The van der Waals surface area contributed by atoms with Crippen molar-refractivity contribution in [3.05, 3.63) is 70.8 Å². The van der Waals surface area contributed by atoms with Crippen molar-refractivity contribution in [2.45, 2.75) is 82.4 Å². The molecule has 2 aromatic carbocycles. The van der Waals surface area contributed by atoms with Gasteiger partial charge in [0.2, 0.25) is 10.0 Å². The molecule has 3 N–H and O–H groups in total. The standard InChI is InChI=1S/C27H38F2N2O3S/c1-26(2,3)20-9-8-10-21(16-20)27(11-6-5-7-12-27)30-18-25(32)24(31-35(4,33)34)15-19-13-22(28)17-23(29)14-19/h8-10,13-14,16-17,24-25,30-32H,5-7,11-12,15,18H2,1-4H3/t24-,25+/m0/s1. The van der Waals surface area contributed by atoms with E-state index in [-0.39, 0.29) is 29.5 Å². The highest BCUT2D eigenvalue weighted by Crippen LogP contribution is 2.38. The summed E-state index contributed by atoms with van der Waals surface area (Å²) in [7, 11) is -3.67. The lowest BCUT2D eigenvalue weighted by molar-refractivity contribution is 0.111. The molecular weight excluding hydrogens is 470 g/mol. The summed E-state index contributed by atoms with van der Waals surface area (Å²) in [6.45, 7) is 6.65. The number of benzene rings is 2. The van der Waals surface area contributed by atoms with Crippen molar-refractivity contribution in [2.24, 2.45) is 0 Å². The van der Waals surface area contributed by atoms with E-state index in [4.69, 9.17) is 0 Å². The third kappa shape index (κ3) is 7.81. The predicted molar refractivity (Wildman–Crippen MR) is 136 cm³/mol. The summed E-state index contributed by atoms with van der Waals surface area (Å²) >= 11 is 0. The Balaban J connectivity index is 1.84. The summed E-state index contributed by atoms with van der Waals surface area (Å²) in [5.74, 6) is -1.49. The average molecular weight is 509 g/mol. The van der Waals surface area contributed by atoms with Crippen LogP contribution in [0.4, 0.5) is 8.78 Å². The van der Waals surface area contributed by atoms with Crippen LogP contribution in [-0.4, -0.2) is 38.5 Å². The van der Waals surface area contributed by atoms with E-state index in [1.807, 2.05) is 0 Å². The summed E-state index contributed by atoms with van der Waals surface area (Å²) in [5.41, 5.74) is 2.33. The van der Waals surface area contributed by atoms with Gasteiger partial charge in [0.15, 0.2) is 0 Å². The number of hydrogen-bond donors (Lipinski definition) is 3. The molecule has 0 unspecified atom stereocenters. The van der Waals surface area contributed by atoms with Gasteiger partial charge in [0.05, 0.1) is 18.4 Å². The SMILES string of the molecule is CC(C)(C)c1cccc(C2(NC[C@@H](O)[C@H](Cc3cc(F)cc(F)c3)NS(C)(=O)=O)CCCCC2)c1. The molecule has 5 nitrogen and oxygen atoms in total. The van der Waals surface area contributed by atoms with Gasteiger partial charge >= 0.3 is 0 Å². The van der Waals surface area contributed by atoms with Crippen LogP contribution in [0.5, 0.6) is 0 Å². The molecule has 0 radical (unpaired) electrons. The second kappa shape index (κ2) is 11.0. The Kier molecular flexibility index (Phi) is 8.73. The van der Waals surface area contributed by atoms with Crippen LogP contribution in [0.1, 0.15) is 69.6 Å². The van der Waals surface area contributed by atoms with Crippen LogP contribution in [0.15, 0.2) is 42.5 Å². The first kappa shape index (κ1) is 27.7. The molecule has 35 heavy (non-hydrogen) atoms. The Labute approximate surface area is 208 Å². The molecule has 0 spiro atoms. The normalized spacial score (nSPS) is 18.3. The first-order chi connectivity index (χ1) is 16.3. The number of rotatable bonds is 9. The summed E-state index contributed by atoms with van der Waals surface area (Å²) in [4.78, 5) is 0. The lowest BCUT2D eigenvalue weighted by atomic mass is 9.74. The van der Waals surface area contributed by atoms with Gasteiger partial charge < -0.3 is 10.4 Å². The highest BCUT2D eigenvalue weighted by Gasteiger charge is 2.35. The highest BCUT2D eigenvalue weighted by molar-refractivity contribution is 7.88. The van der Waals surface area contributed by atoms with Gasteiger partial charge in [-0.15, -0.1) is 0 Å². The largest absolute Gasteiger partial charge is 0.390 e. The zero-order valence-electron chi connectivity index (χ0n) is 21.1. The van der Waals surface area contributed by atoms with E-state index in [0.717, 1.165) is 62.1 Å². The van der Waals surface area contributed by atoms with Crippen LogP contribution in [0.25, 0.3) is 0 Å². The fraction of sp³-hybridized carbons (Fsp3) is 0.556. The van der Waals surface area contributed by atoms with Crippen LogP contribution < -0.4 is 10.0 Å². The van der Waals surface area contributed by atoms with Crippen molar-refractivity contribution in [3.8, 4) is 0 Å². The molecule has 0 bridgehead atoms. The summed E-state index contributed by atoms with van der Waals surface area (Å²) < 4.78 is 53.9. The fourth-order valence-electron chi connectivity index (χ4n) is 4.96. The minimum Gasteiger partial charge on any atom is -0.390 e. The average Bonchev–Trinajstić information content (AvgIpc) is 2.75. The van der Waals surface area contributed by atoms with Gasteiger partial charge in [-0.25, -0.2) is 21.9 Å². The Hall–Kier alpha value is -1.87. The van der Waals surface area contributed by atoms with E-state index in [0.29, 0.717) is 0 Å². The second-order valence-corrected chi connectivity index (χ2v) is 12.7. The summed E-state index contributed by atoms with van der Waals surface area (Å²) in [5, 5.41) is 14.6. The fourth-order valence-corrected chi connectivity index (χ4v) is 5.75. The Morgan fingerprint density at radius 2 is 1.66 bits per heavy atom. The molecule has 0 amide bonds. The molecule has 8 heteroatoms. The van der Waals surface area contributed by atoms with Crippen LogP contribution in [0.3, 0.4) is 0 Å². The molecule has 1 saturated carbocycles. The van der Waals surface area contributed by atoms with Gasteiger partial charge in [0, 0.05) is 18.2 Å². The second-order valence-electron chi connectivity index (χ2n) is 10.9. The van der Waals surface area contributed by atoms with E-state index >= 15 is 0 Å². The molecule has 1 fully saturated rings. The molecule has 0 aromatic heterocycles. The topological polar surface area (TPSA) is 78.4 Å². The van der Waals surface area contributed by atoms with Gasteiger partial charge in [0.25, 0.3) is 0 Å². The maximum atomic E-state index is 13.7. The molecule has 194 valence electrons. The molecule has 2 atom stereocenters. The van der Waals surface area contributed by atoms with E-state index in [2.05, 4.69) is 55.1 Å². The van der Waals surface area contributed by atoms with Crippen LogP contribution in [-0.2, 0) is 27.4 Å². The summed E-state index contributed by atoms with van der Waals surface area (Å²) in [6.07, 6.45) is 4.92. The zero-order chi connectivity index (χ0) is 25.9. The smallest absolute Gasteiger partial charge is 0.209 e. The number of halogens is 2. The van der Waals surface area contributed by atoms with Crippen LogP contribution in [0.2, 0.25) is 0 Å². The van der Waals surface area contributed by atoms with E-state index in [9.17, 15) is 22.3 Å². The molecule has 1 aliphatic carbocycles. The highest BCUT2D eigenvalue weighted by atomic mass is 32.2. The van der Waals surface area contributed by atoms with Gasteiger partial charge in [-0.3, -0.25) is 0 Å². The van der Waals surface area contributed by atoms with Gasteiger partial charge in [-0.2, -0.15) is 0 Å². The third-order valence-corrected chi connectivity index (χ3v) is 7.58. The van der Waals surface area contributed by atoms with Crippen LogP contribution >= 0.6 is 0 Å². The monoisotopic (exact) mass is 508 g/mol. The molecule has 0 heterocycles. The van der Waals surface area contributed by atoms with Crippen molar-refractivity contribution in [3.63, 3.8) is 0 Å². The molecule has 3 rings (SSSR count). The zero-order valence-corrected chi connectivity index (χ0v) is 21.9. The van der Waals surface area contributed by atoms with Gasteiger partial charge in [0.1, 0.15) is 11.6 Å². The lowest BCUT2D eigenvalue weighted by Crippen LogP contribution is -2.53. The summed E-state index contributed by atoms with van der Waals surface area (Å²) in [6, 6.07) is 10.7. The van der Waals surface area contributed by atoms with Crippen LogP contribution in [0, 0.1) is 11.6 Å². The minimum atomic E-state index is -3.67. The van der Waals surface area contributed by atoms with Gasteiger partial charge in [-0.1, -0.05) is 64.3 Å². The minimum absolute atomic E-state index is 0.00386. The Morgan fingerprint density at radius 1 is 1.03 bits per heavy atom. The van der Waals surface area contributed by atoms with E-state index in [1.165, 1.54) is 5.56 Å². The van der Waals surface area contributed by atoms with Crippen molar-refractivity contribution in [1.29, 1.82) is 0 Å². The number of sulfonamides is 1. The van der Waals surface area contributed by atoms with Crippen molar-refractivity contribution < 1.29 is 22.3 Å². The molecule has 0 saturated heterocycles. The number of nitrogens with one attached hydrogen (secondary N) is 2. The molecule has 0 aliphatic heterocycles. The maximum absolute atomic E-state index is 13.7. The molecule has 1 aliphatic rings. The lowest BCUT2D eigenvalue weighted by Gasteiger charge is -2.41. The first-order valence-corrected chi connectivity index (χ1v) is 14.1. The first-order valence-electron chi connectivity index (χ1n) is 12.2. The van der Waals surface area contributed by atoms with Crippen molar-refractivity contribution in [1.82, 2.24) is 10.0 Å². The predicted octanol–water partition coefficient (Wildman–Crippen LogP) is 4.53. The van der Waals surface area contributed by atoms with Crippen molar-refractivity contribution >= 4 is 10.0 Å².